The van der Waals surface area contributed by atoms with Crippen molar-refractivity contribution < 1.29 is 14.3 Å². The molecule has 19 heavy (non-hydrogen) atoms. The van der Waals surface area contributed by atoms with Crippen LogP contribution in [0.5, 0.6) is 11.5 Å². The molecule has 0 radical (unpaired) electrons. The lowest BCUT2D eigenvalue weighted by atomic mass is 10.2. The first-order valence-electron chi connectivity index (χ1n) is 5.83. The molecule has 0 saturated heterocycles. The van der Waals surface area contributed by atoms with Crippen molar-refractivity contribution in [2.24, 2.45) is 0 Å². The molecule has 4 N–H and O–H groups in total. The van der Waals surface area contributed by atoms with Crippen LogP contribution in [0.4, 0.5) is 5.69 Å². The summed E-state index contributed by atoms with van der Waals surface area (Å²) < 4.78 is 10.5. The number of aromatic amines is 1. The molecule has 3 rings (SSSR count). The van der Waals surface area contributed by atoms with Gasteiger partial charge in [-0.3, -0.25) is 4.79 Å². The number of amides is 1. The number of anilines is 1. The van der Waals surface area contributed by atoms with Gasteiger partial charge in [0.2, 0.25) is 6.79 Å². The fourth-order valence-corrected chi connectivity index (χ4v) is 1.87. The van der Waals surface area contributed by atoms with Crippen LogP contribution in [0.3, 0.4) is 0 Å². The molecule has 0 unspecified atom stereocenters. The van der Waals surface area contributed by atoms with Crippen LogP contribution < -0.4 is 20.5 Å². The zero-order chi connectivity index (χ0) is 13.2. The minimum absolute atomic E-state index is 0.200. The molecule has 0 aliphatic carbocycles. The number of hydrogen-bond acceptors (Lipinski definition) is 4. The number of nitrogens with two attached hydrogens (primary N) is 1. The molecule has 0 spiro atoms. The highest BCUT2D eigenvalue weighted by Crippen LogP contribution is 2.32. The second-order valence-corrected chi connectivity index (χ2v) is 4.22. The van der Waals surface area contributed by atoms with E-state index >= 15 is 0 Å². The third-order valence-electron chi connectivity index (χ3n) is 2.84. The summed E-state index contributed by atoms with van der Waals surface area (Å²) >= 11 is 0. The van der Waals surface area contributed by atoms with Crippen molar-refractivity contribution in [1.29, 1.82) is 0 Å². The predicted octanol–water partition coefficient (Wildman–Crippen LogP) is 1.26. The Kier molecular flexibility index (Phi) is 2.75. The summed E-state index contributed by atoms with van der Waals surface area (Å²) in [5.41, 5.74) is 7.46. The highest BCUT2D eigenvalue weighted by Gasteiger charge is 2.13. The van der Waals surface area contributed by atoms with Gasteiger partial charge in [-0.25, -0.2) is 0 Å². The van der Waals surface area contributed by atoms with Gasteiger partial charge in [-0.1, -0.05) is 6.07 Å². The summed E-state index contributed by atoms with van der Waals surface area (Å²) in [4.78, 5) is 14.6. The summed E-state index contributed by atoms with van der Waals surface area (Å²) in [6, 6.07) is 7.16. The van der Waals surface area contributed by atoms with E-state index in [9.17, 15) is 4.79 Å². The predicted molar refractivity (Wildman–Crippen MR) is 68.9 cm³/mol. The van der Waals surface area contributed by atoms with E-state index in [0.29, 0.717) is 23.7 Å². The molecule has 98 valence electrons. The van der Waals surface area contributed by atoms with E-state index in [0.717, 1.165) is 11.3 Å². The number of benzene rings is 1. The molecule has 1 amide bonds. The van der Waals surface area contributed by atoms with Crippen LogP contribution in [0.2, 0.25) is 0 Å². The molecule has 1 aliphatic heterocycles. The van der Waals surface area contributed by atoms with Crippen molar-refractivity contribution in [2.75, 3.05) is 12.5 Å². The third-order valence-corrected chi connectivity index (χ3v) is 2.84. The first-order valence-corrected chi connectivity index (χ1v) is 5.83. The second-order valence-electron chi connectivity index (χ2n) is 4.22. The third kappa shape index (κ3) is 2.33. The molecule has 0 bridgehead atoms. The molecule has 1 aromatic carbocycles. The van der Waals surface area contributed by atoms with E-state index < -0.39 is 0 Å². The number of nitrogen functional groups attached to an aromatic ring is 1. The Hall–Kier alpha value is -2.63. The number of hydrogen-bond donors (Lipinski definition) is 3. The molecule has 0 fully saturated rings. The van der Waals surface area contributed by atoms with Gasteiger partial charge in [0.15, 0.2) is 11.5 Å². The molecular weight excluding hydrogens is 246 g/mol. The maximum Gasteiger partial charge on any atom is 0.268 e. The smallest absolute Gasteiger partial charge is 0.268 e. The number of H-pyrrole nitrogens is 1. The van der Waals surface area contributed by atoms with E-state index in [-0.39, 0.29) is 12.7 Å². The van der Waals surface area contributed by atoms with Gasteiger partial charge >= 0.3 is 0 Å². The van der Waals surface area contributed by atoms with Crippen LogP contribution in [0, 0.1) is 0 Å². The van der Waals surface area contributed by atoms with Crippen LogP contribution in [-0.4, -0.2) is 17.7 Å². The first kappa shape index (κ1) is 11.5. The van der Waals surface area contributed by atoms with Crippen molar-refractivity contribution in [3.8, 4) is 11.5 Å². The van der Waals surface area contributed by atoms with Crippen molar-refractivity contribution in [3.05, 3.63) is 41.7 Å². The fourth-order valence-electron chi connectivity index (χ4n) is 1.87. The molecule has 6 heteroatoms. The Labute approximate surface area is 109 Å². The highest BCUT2D eigenvalue weighted by atomic mass is 16.7. The minimum atomic E-state index is -0.200. The lowest BCUT2D eigenvalue weighted by Gasteiger charge is -2.05. The molecule has 6 nitrogen and oxygen atoms in total. The highest BCUT2D eigenvalue weighted by molar-refractivity contribution is 5.93. The number of carbonyl (C=O) groups is 1. The number of ether oxygens (including phenoxy) is 2. The Balaban J connectivity index is 1.64. The molecule has 2 heterocycles. The SMILES string of the molecule is Nc1c[nH]c(C(=O)NCc2ccc3c(c2)OCO3)c1. The molecule has 0 saturated carbocycles. The number of carbonyl (C=O) groups excluding carboxylic acids is 1. The number of fused-ring (bicyclic) bond motifs is 1. The second kappa shape index (κ2) is 4.56. The zero-order valence-corrected chi connectivity index (χ0v) is 10.1. The largest absolute Gasteiger partial charge is 0.454 e. The Morgan fingerprint density at radius 1 is 1.32 bits per heavy atom. The van der Waals surface area contributed by atoms with Gasteiger partial charge in [-0.15, -0.1) is 0 Å². The van der Waals surface area contributed by atoms with Gasteiger partial charge in [-0.05, 0) is 23.8 Å². The topological polar surface area (TPSA) is 89.4 Å². The average Bonchev–Trinajstić information content (AvgIpc) is 3.03. The maximum absolute atomic E-state index is 11.8. The van der Waals surface area contributed by atoms with Crippen molar-refractivity contribution in [2.45, 2.75) is 6.54 Å². The number of aromatic nitrogens is 1. The normalized spacial score (nSPS) is 12.4. The molecule has 1 aliphatic rings. The van der Waals surface area contributed by atoms with Gasteiger partial charge in [0.25, 0.3) is 5.91 Å². The molecule has 0 atom stereocenters. The lowest BCUT2D eigenvalue weighted by Crippen LogP contribution is -2.23. The van der Waals surface area contributed by atoms with Gasteiger partial charge < -0.3 is 25.5 Å². The minimum Gasteiger partial charge on any atom is -0.454 e. The summed E-state index contributed by atoms with van der Waals surface area (Å²) in [6.07, 6.45) is 1.58. The van der Waals surface area contributed by atoms with Crippen molar-refractivity contribution in [3.63, 3.8) is 0 Å². The van der Waals surface area contributed by atoms with E-state index in [4.69, 9.17) is 15.2 Å². The van der Waals surface area contributed by atoms with Crippen LogP contribution in [0.1, 0.15) is 16.1 Å². The molecule has 2 aromatic rings. The Morgan fingerprint density at radius 2 is 2.16 bits per heavy atom. The maximum atomic E-state index is 11.8. The van der Waals surface area contributed by atoms with Gasteiger partial charge in [-0.2, -0.15) is 0 Å². The van der Waals surface area contributed by atoms with E-state index in [1.165, 1.54) is 0 Å². The standard InChI is InChI=1S/C13H13N3O3/c14-9-4-10(15-6-9)13(17)16-5-8-1-2-11-12(3-8)19-7-18-11/h1-4,6,15H,5,7,14H2,(H,16,17). The molecular formula is C13H13N3O3. The van der Waals surface area contributed by atoms with Gasteiger partial charge in [0.05, 0.1) is 0 Å². The van der Waals surface area contributed by atoms with Gasteiger partial charge in [0.1, 0.15) is 5.69 Å². The summed E-state index contributed by atoms with van der Waals surface area (Å²) in [7, 11) is 0. The van der Waals surface area contributed by atoms with Crippen LogP contribution >= 0.6 is 0 Å². The van der Waals surface area contributed by atoms with E-state index in [2.05, 4.69) is 10.3 Å². The monoisotopic (exact) mass is 259 g/mol. The first-order chi connectivity index (χ1) is 9.22. The fraction of sp³-hybridized carbons (Fsp3) is 0.154. The lowest BCUT2D eigenvalue weighted by molar-refractivity contribution is 0.0946. The average molecular weight is 259 g/mol. The van der Waals surface area contributed by atoms with Crippen molar-refractivity contribution in [1.82, 2.24) is 10.3 Å². The van der Waals surface area contributed by atoms with Crippen molar-refractivity contribution >= 4 is 11.6 Å². The van der Waals surface area contributed by atoms with E-state index in [1.54, 1.807) is 12.3 Å². The van der Waals surface area contributed by atoms with E-state index in [1.807, 2.05) is 18.2 Å². The number of nitrogens with one attached hydrogen (secondary N) is 2. The summed E-state index contributed by atoms with van der Waals surface area (Å²) in [6.45, 7) is 0.654. The van der Waals surface area contributed by atoms with Gasteiger partial charge in [0, 0.05) is 18.4 Å². The van der Waals surface area contributed by atoms with Crippen LogP contribution in [-0.2, 0) is 6.54 Å². The number of rotatable bonds is 3. The Bertz CT molecular complexity index is 621. The Morgan fingerprint density at radius 3 is 2.95 bits per heavy atom. The summed E-state index contributed by atoms with van der Waals surface area (Å²) in [5, 5.41) is 2.80. The zero-order valence-electron chi connectivity index (χ0n) is 10.1. The summed E-state index contributed by atoms with van der Waals surface area (Å²) in [5.74, 6) is 1.23. The van der Waals surface area contributed by atoms with Crippen LogP contribution in [0.15, 0.2) is 30.5 Å². The quantitative estimate of drug-likeness (QED) is 0.774. The van der Waals surface area contributed by atoms with Crippen LogP contribution in [0.25, 0.3) is 0 Å². The molecule has 1 aromatic heterocycles.